The van der Waals surface area contributed by atoms with E-state index in [1.807, 2.05) is 24.3 Å². The van der Waals surface area contributed by atoms with Gasteiger partial charge in [-0.1, -0.05) is 26.0 Å². The molecule has 1 aliphatic heterocycles. The van der Waals surface area contributed by atoms with Crippen LogP contribution in [0.5, 0.6) is 0 Å². The molecule has 0 bridgehead atoms. The van der Waals surface area contributed by atoms with Gasteiger partial charge in [0.15, 0.2) is 0 Å². The van der Waals surface area contributed by atoms with Crippen LogP contribution >= 0.6 is 12.4 Å². The van der Waals surface area contributed by atoms with E-state index in [1.54, 1.807) is 0 Å². The second-order valence-electron chi connectivity index (χ2n) is 6.72. The summed E-state index contributed by atoms with van der Waals surface area (Å²) in [6.45, 7) is 6.97. The van der Waals surface area contributed by atoms with Gasteiger partial charge in [0.1, 0.15) is 0 Å². The zero-order valence-electron chi connectivity index (χ0n) is 14.3. The number of carbonyl (C=O) groups is 2. The molecule has 1 aromatic rings. The molecule has 1 saturated heterocycles. The van der Waals surface area contributed by atoms with Gasteiger partial charge in [-0.15, -0.1) is 12.4 Å². The third kappa shape index (κ3) is 6.13. The van der Waals surface area contributed by atoms with Gasteiger partial charge in [-0.2, -0.15) is 0 Å². The monoisotopic (exact) mass is 354 g/mol. The van der Waals surface area contributed by atoms with Crippen molar-refractivity contribution in [3.8, 4) is 0 Å². The summed E-state index contributed by atoms with van der Waals surface area (Å²) in [7, 11) is 0. The average Bonchev–Trinajstić information content (AvgIpc) is 2.53. The van der Waals surface area contributed by atoms with Crippen LogP contribution in [0.2, 0.25) is 0 Å². The number of aliphatic carboxylic acids is 1. The van der Waals surface area contributed by atoms with E-state index in [-0.39, 0.29) is 24.2 Å². The largest absolute Gasteiger partial charge is 0.481 e. The molecule has 2 N–H and O–H groups in total. The fourth-order valence-corrected chi connectivity index (χ4v) is 2.87. The van der Waals surface area contributed by atoms with Gasteiger partial charge in [0.25, 0.3) is 5.91 Å². The highest BCUT2D eigenvalue weighted by molar-refractivity contribution is 5.94. The number of piperidine rings is 1. The Hall–Kier alpha value is -1.59. The van der Waals surface area contributed by atoms with E-state index < -0.39 is 5.97 Å². The van der Waals surface area contributed by atoms with Crippen LogP contribution in [-0.2, 0) is 11.3 Å². The highest BCUT2D eigenvalue weighted by Gasteiger charge is 2.25. The number of amides is 1. The van der Waals surface area contributed by atoms with Crippen LogP contribution in [0.4, 0.5) is 0 Å². The summed E-state index contributed by atoms with van der Waals surface area (Å²) in [5.41, 5.74) is 1.71. The first-order chi connectivity index (χ1) is 11.0. The van der Waals surface area contributed by atoms with Gasteiger partial charge in [-0.3, -0.25) is 14.5 Å². The zero-order chi connectivity index (χ0) is 16.8. The third-order valence-corrected chi connectivity index (χ3v) is 4.12. The zero-order valence-corrected chi connectivity index (χ0v) is 15.1. The summed E-state index contributed by atoms with van der Waals surface area (Å²) in [4.78, 5) is 25.4. The fraction of sp³-hybridized carbons (Fsp3) is 0.556. The number of halogens is 1. The predicted octanol–water partition coefficient (Wildman–Crippen LogP) is 2.79. The van der Waals surface area contributed by atoms with E-state index in [4.69, 9.17) is 5.11 Å². The van der Waals surface area contributed by atoms with E-state index in [2.05, 4.69) is 24.1 Å². The number of carbonyl (C=O) groups excluding carboxylic acids is 1. The van der Waals surface area contributed by atoms with Crippen molar-refractivity contribution in [2.75, 3.05) is 19.6 Å². The predicted molar refractivity (Wildman–Crippen MR) is 96.5 cm³/mol. The van der Waals surface area contributed by atoms with Crippen molar-refractivity contribution in [1.29, 1.82) is 0 Å². The molecular formula is C18H27ClN2O3. The third-order valence-electron chi connectivity index (χ3n) is 4.12. The number of carboxylic acids is 1. The number of hydrogen-bond donors (Lipinski definition) is 2. The Balaban J connectivity index is 0.00000288. The van der Waals surface area contributed by atoms with Gasteiger partial charge in [-0.05, 0) is 43.0 Å². The van der Waals surface area contributed by atoms with Gasteiger partial charge in [-0.25, -0.2) is 0 Å². The van der Waals surface area contributed by atoms with E-state index in [1.165, 1.54) is 0 Å². The molecule has 1 aromatic carbocycles. The second kappa shape index (κ2) is 9.64. The van der Waals surface area contributed by atoms with Gasteiger partial charge in [0, 0.05) is 25.2 Å². The van der Waals surface area contributed by atoms with Crippen molar-refractivity contribution in [3.05, 3.63) is 35.4 Å². The van der Waals surface area contributed by atoms with Crippen LogP contribution in [0.25, 0.3) is 0 Å². The maximum Gasteiger partial charge on any atom is 0.307 e. The molecule has 134 valence electrons. The average molecular weight is 355 g/mol. The Kier molecular flexibility index (Phi) is 8.22. The standard InChI is InChI=1S/C18H26N2O3.ClH/c1-13(2)10-19-17(21)15-6-3-5-14(9-15)11-20-8-4-7-16(12-20)18(22)23;/h3,5-6,9,13,16H,4,7-8,10-12H2,1-2H3,(H,19,21)(H,22,23);1H. The molecule has 2 rings (SSSR count). The molecule has 1 atom stereocenters. The first kappa shape index (κ1) is 20.5. The molecule has 1 fully saturated rings. The van der Waals surface area contributed by atoms with Crippen molar-refractivity contribution in [2.45, 2.75) is 33.2 Å². The lowest BCUT2D eigenvalue weighted by atomic mass is 9.97. The number of likely N-dealkylation sites (tertiary alicyclic amines) is 1. The molecule has 1 unspecified atom stereocenters. The Labute approximate surface area is 149 Å². The van der Waals surface area contributed by atoms with E-state index in [0.717, 1.165) is 24.9 Å². The second-order valence-corrected chi connectivity index (χ2v) is 6.72. The van der Waals surface area contributed by atoms with Gasteiger partial charge >= 0.3 is 5.97 Å². The van der Waals surface area contributed by atoms with Crippen LogP contribution in [-0.4, -0.2) is 41.5 Å². The summed E-state index contributed by atoms with van der Waals surface area (Å²) in [5.74, 6) is -0.621. The maximum absolute atomic E-state index is 12.1. The molecule has 5 nitrogen and oxygen atoms in total. The molecular weight excluding hydrogens is 328 g/mol. The summed E-state index contributed by atoms with van der Waals surface area (Å²) in [5, 5.41) is 12.1. The van der Waals surface area contributed by atoms with Gasteiger partial charge < -0.3 is 10.4 Å². The van der Waals surface area contributed by atoms with Crippen molar-refractivity contribution in [2.24, 2.45) is 11.8 Å². The number of rotatable bonds is 6. The minimum atomic E-state index is -0.712. The van der Waals surface area contributed by atoms with Gasteiger partial charge in [0.05, 0.1) is 5.92 Å². The highest BCUT2D eigenvalue weighted by atomic mass is 35.5. The molecule has 24 heavy (non-hydrogen) atoms. The molecule has 1 heterocycles. The normalized spacial score (nSPS) is 18.0. The smallest absolute Gasteiger partial charge is 0.307 e. The Bertz CT molecular complexity index is 563. The van der Waals surface area contributed by atoms with Crippen LogP contribution in [0, 0.1) is 11.8 Å². The van der Waals surface area contributed by atoms with Crippen molar-refractivity contribution in [1.82, 2.24) is 10.2 Å². The van der Waals surface area contributed by atoms with Crippen molar-refractivity contribution >= 4 is 24.3 Å². The highest BCUT2D eigenvalue weighted by Crippen LogP contribution is 2.19. The Morgan fingerprint density at radius 1 is 1.38 bits per heavy atom. The molecule has 1 amide bonds. The molecule has 6 heteroatoms. The number of nitrogens with zero attached hydrogens (tertiary/aromatic N) is 1. The first-order valence-electron chi connectivity index (χ1n) is 8.28. The van der Waals surface area contributed by atoms with E-state index in [9.17, 15) is 9.59 Å². The fourth-order valence-electron chi connectivity index (χ4n) is 2.87. The van der Waals surface area contributed by atoms with Crippen LogP contribution in [0.3, 0.4) is 0 Å². The van der Waals surface area contributed by atoms with Crippen LogP contribution in [0.1, 0.15) is 42.6 Å². The van der Waals surface area contributed by atoms with Crippen molar-refractivity contribution < 1.29 is 14.7 Å². The topological polar surface area (TPSA) is 69.6 Å². The quantitative estimate of drug-likeness (QED) is 0.824. The van der Waals surface area contributed by atoms with Crippen LogP contribution in [0.15, 0.2) is 24.3 Å². The maximum atomic E-state index is 12.1. The lowest BCUT2D eigenvalue weighted by Gasteiger charge is -2.30. The lowest BCUT2D eigenvalue weighted by Crippen LogP contribution is -2.38. The lowest BCUT2D eigenvalue weighted by molar-refractivity contribution is -0.143. The molecule has 0 aliphatic carbocycles. The summed E-state index contributed by atoms with van der Waals surface area (Å²) >= 11 is 0. The first-order valence-corrected chi connectivity index (χ1v) is 8.28. The Morgan fingerprint density at radius 2 is 2.12 bits per heavy atom. The van der Waals surface area contributed by atoms with E-state index in [0.29, 0.717) is 31.1 Å². The number of hydrogen-bond acceptors (Lipinski definition) is 3. The SMILES string of the molecule is CC(C)CNC(=O)c1cccc(CN2CCCC(C(=O)O)C2)c1.Cl. The minimum Gasteiger partial charge on any atom is -0.481 e. The van der Waals surface area contributed by atoms with Crippen LogP contribution < -0.4 is 5.32 Å². The van der Waals surface area contributed by atoms with Crippen molar-refractivity contribution in [3.63, 3.8) is 0 Å². The summed E-state index contributed by atoms with van der Waals surface area (Å²) in [6.07, 6.45) is 1.66. The molecule has 0 saturated carbocycles. The van der Waals surface area contributed by atoms with E-state index >= 15 is 0 Å². The minimum absolute atomic E-state index is 0. The van der Waals surface area contributed by atoms with Gasteiger partial charge in [0.2, 0.25) is 0 Å². The molecule has 0 radical (unpaired) electrons. The number of benzene rings is 1. The number of carboxylic acid groups (broad SMARTS) is 1. The Morgan fingerprint density at radius 3 is 2.79 bits per heavy atom. The molecule has 0 spiro atoms. The summed E-state index contributed by atoms with van der Waals surface area (Å²) < 4.78 is 0. The molecule has 0 aromatic heterocycles. The molecule has 1 aliphatic rings. The summed E-state index contributed by atoms with van der Waals surface area (Å²) in [6, 6.07) is 7.59. The number of nitrogens with one attached hydrogen (secondary N) is 1.